The van der Waals surface area contributed by atoms with Crippen LogP contribution in [0.3, 0.4) is 0 Å². The van der Waals surface area contributed by atoms with E-state index in [4.69, 9.17) is 27.9 Å². The highest BCUT2D eigenvalue weighted by atomic mass is 35.5. The second-order valence-electron chi connectivity index (χ2n) is 5.98. The van der Waals surface area contributed by atoms with E-state index >= 15 is 0 Å². The van der Waals surface area contributed by atoms with Crippen LogP contribution >= 0.6 is 23.2 Å². The number of halogens is 2. The van der Waals surface area contributed by atoms with Gasteiger partial charge in [0.25, 0.3) is 10.0 Å². The van der Waals surface area contributed by atoms with Crippen LogP contribution in [0.4, 0.5) is 11.4 Å². The summed E-state index contributed by atoms with van der Waals surface area (Å²) in [6.45, 7) is 1.37. The highest BCUT2D eigenvalue weighted by Crippen LogP contribution is 2.35. The summed E-state index contributed by atoms with van der Waals surface area (Å²) >= 11 is 12.0. The van der Waals surface area contributed by atoms with Gasteiger partial charge in [-0.05, 0) is 54.6 Å². The van der Waals surface area contributed by atoms with E-state index < -0.39 is 10.0 Å². The lowest BCUT2D eigenvalue weighted by Gasteiger charge is -2.14. The van der Waals surface area contributed by atoms with Crippen LogP contribution in [0.25, 0.3) is 0 Å². The van der Waals surface area contributed by atoms with Gasteiger partial charge in [0.15, 0.2) is 5.75 Å². The Morgan fingerprint density at radius 1 is 0.931 bits per heavy atom. The van der Waals surface area contributed by atoms with E-state index in [1.54, 1.807) is 36.4 Å². The van der Waals surface area contributed by atoms with Crippen molar-refractivity contribution in [2.45, 2.75) is 11.8 Å². The number of amides is 1. The van der Waals surface area contributed by atoms with E-state index in [1.807, 2.05) is 0 Å². The number of nitrogens with one attached hydrogen (secondary N) is 2. The third-order valence-electron chi connectivity index (χ3n) is 3.73. The summed E-state index contributed by atoms with van der Waals surface area (Å²) in [5, 5.41) is 3.34. The second-order valence-corrected chi connectivity index (χ2v) is 8.51. The molecule has 0 radical (unpaired) electrons. The van der Waals surface area contributed by atoms with Gasteiger partial charge in [0, 0.05) is 17.6 Å². The van der Waals surface area contributed by atoms with Gasteiger partial charge in [-0.15, -0.1) is 0 Å². The molecule has 0 spiro atoms. The first-order valence-corrected chi connectivity index (χ1v) is 10.6. The van der Waals surface area contributed by atoms with Crippen LogP contribution in [0, 0.1) is 0 Å². The molecule has 3 aromatic carbocycles. The third-order valence-corrected chi connectivity index (χ3v) is 5.64. The van der Waals surface area contributed by atoms with Crippen LogP contribution in [0.2, 0.25) is 10.0 Å². The molecule has 0 saturated carbocycles. The zero-order valence-electron chi connectivity index (χ0n) is 15.1. The Bertz CT molecular complexity index is 1150. The summed E-state index contributed by atoms with van der Waals surface area (Å²) in [5.41, 5.74) is 0.738. The number of sulfonamides is 1. The molecule has 3 aromatic rings. The van der Waals surface area contributed by atoms with Crippen molar-refractivity contribution in [1.29, 1.82) is 0 Å². The van der Waals surface area contributed by atoms with Crippen molar-refractivity contribution >= 4 is 50.5 Å². The average Bonchev–Trinajstić information content (AvgIpc) is 2.65. The number of ether oxygens (including phenoxy) is 1. The molecule has 0 bridgehead atoms. The van der Waals surface area contributed by atoms with E-state index in [1.165, 1.54) is 37.3 Å². The first-order chi connectivity index (χ1) is 13.7. The number of carbonyl (C=O) groups is 1. The second kappa shape index (κ2) is 8.73. The molecule has 0 aliphatic carbocycles. The van der Waals surface area contributed by atoms with Gasteiger partial charge in [-0.25, -0.2) is 8.42 Å². The van der Waals surface area contributed by atoms with Crippen molar-refractivity contribution in [2.75, 3.05) is 10.0 Å². The van der Waals surface area contributed by atoms with Gasteiger partial charge in [-0.3, -0.25) is 9.52 Å². The van der Waals surface area contributed by atoms with Crippen molar-refractivity contribution in [3.63, 3.8) is 0 Å². The molecule has 0 heterocycles. The van der Waals surface area contributed by atoms with Crippen molar-refractivity contribution in [3.8, 4) is 11.5 Å². The predicted molar refractivity (Wildman–Crippen MR) is 115 cm³/mol. The minimum atomic E-state index is -3.89. The molecule has 0 aromatic heterocycles. The summed E-state index contributed by atoms with van der Waals surface area (Å²) in [7, 11) is -3.89. The molecule has 0 saturated heterocycles. The maximum atomic E-state index is 12.8. The molecule has 2 N–H and O–H groups in total. The number of hydrogen-bond donors (Lipinski definition) is 2. The van der Waals surface area contributed by atoms with Crippen molar-refractivity contribution in [1.82, 2.24) is 0 Å². The van der Waals surface area contributed by atoms with E-state index in [0.717, 1.165) is 0 Å². The number of anilines is 2. The van der Waals surface area contributed by atoms with Gasteiger partial charge in [-0.2, -0.15) is 0 Å². The van der Waals surface area contributed by atoms with E-state index in [0.29, 0.717) is 21.5 Å². The first-order valence-electron chi connectivity index (χ1n) is 8.37. The van der Waals surface area contributed by atoms with Gasteiger partial charge in [0.2, 0.25) is 5.91 Å². The average molecular weight is 451 g/mol. The topological polar surface area (TPSA) is 84.5 Å². The number of benzene rings is 3. The monoisotopic (exact) mass is 450 g/mol. The number of hydrogen-bond acceptors (Lipinski definition) is 4. The molecule has 0 unspecified atom stereocenters. The normalized spacial score (nSPS) is 11.0. The van der Waals surface area contributed by atoms with Crippen LogP contribution in [0.15, 0.2) is 71.6 Å². The molecule has 150 valence electrons. The molecule has 0 aliphatic heterocycles. The maximum absolute atomic E-state index is 12.8. The fourth-order valence-corrected chi connectivity index (χ4v) is 3.96. The van der Waals surface area contributed by atoms with E-state index in [-0.39, 0.29) is 22.2 Å². The standard InChI is InChI=1S/C20H16Cl2N2O4S/c1-13(25)23-15-7-9-16(10-8-15)29(26,27)24-18-4-2-3-5-20(18)28-19-11-6-14(21)12-17(19)22/h2-12,24H,1H3,(H,23,25). The predicted octanol–water partition coefficient (Wildman–Crippen LogP) is 5.54. The lowest BCUT2D eigenvalue weighted by molar-refractivity contribution is -0.114. The van der Waals surface area contributed by atoms with Gasteiger partial charge in [0.1, 0.15) is 5.75 Å². The van der Waals surface area contributed by atoms with Crippen molar-refractivity contribution < 1.29 is 17.9 Å². The fraction of sp³-hybridized carbons (Fsp3) is 0.0500. The highest BCUT2D eigenvalue weighted by Gasteiger charge is 2.17. The molecule has 6 nitrogen and oxygen atoms in total. The Labute approximate surface area is 178 Å². The van der Waals surface area contributed by atoms with Crippen LogP contribution in [-0.4, -0.2) is 14.3 Å². The quantitative estimate of drug-likeness (QED) is 0.515. The molecule has 9 heteroatoms. The lowest BCUT2D eigenvalue weighted by atomic mass is 10.3. The van der Waals surface area contributed by atoms with Crippen molar-refractivity contribution in [2.24, 2.45) is 0 Å². The van der Waals surface area contributed by atoms with Crippen LogP contribution in [0.5, 0.6) is 11.5 Å². The maximum Gasteiger partial charge on any atom is 0.262 e. The molecule has 29 heavy (non-hydrogen) atoms. The first kappa shape index (κ1) is 21.0. The summed E-state index contributed by atoms with van der Waals surface area (Å²) < 4.78 is 33.8. The fourth-order valence-electron chi connectivity index (χ4n) is 2.44. The van der Waals surface area contributed by atoms with Crippen LogP contribution in [-0.2, 0) is 14.8 Å². The Balaban J connectivity index is 1.85. The number of rotatable bonds is 6. The van der Waals surface area contributed by atoms with E-state index in [2.05, 4.69) is 10.0 Å². The minimum Gasteiger partial charge on any atom is -0.454 e. The Hall–Kier alpha value is -2.74. The zero-order valence-corrected chi connectivity index (χ0v) is 17.5. The third kappa shape index (κ3) is 5.41. The smallest absolute Gasteiger partial charge is 0.262 e. The van der Waals surface area contributed by atoms with Crippen molar-refractivity contribution in [3.05, 3.63) is 76.8 Å². The van der Waals surface area contributed by atoms with E-state index in [9.17, 15) is 13.2 Å². The Morgan fingerprint density at radius 3 is 2.28 bits per heavy atom. The summed E-state index contributed by atoms with van der Waals surface area (Å²) in [4.78, 5) is 11.1. The molecule has 3 rings (SSSR count). The summed E-state index contributed by atoms with van der Waals surface area (Å²) in [5.74, 6) is 0.364. The Kier molecular flexibility index (Phi) is 6.32. The molecular formula is C20H16Cl2N2O4S. The minimum absolute atomic E-state index is 0.0333. The molecular weight excluding hydrogens is 435 g/mol. The molecule has 0 atom stereocenters. The van der Waals surface area contributed by atoms with Crippen LogP contribution < -0.4 is 14.8 Å². The largest absolute Gasteiger partial charge is 0.454 e. The van der Waals surface area contributed by atoms with Gasteiger partial charge in [0.05, 0.1) is 15.6 Å². The summed E-state index contributed by atoms with van der Waals surface area (Å²) in [6.07, 6.45) is 0. The van der Waals surface area contributed by atoms with Gasteiger partial charge >= 0.3 is 0 Å². The molecule has 0 fully saturated rings. The molecule has 0 aliphatic rings. The molecule has 1 amide bonds. The number of para-hydroxylation sites is 2. The van der Waals surface area contributed by atoms with Crippen LogP contribution in [0.1, 0.15) is 6.92 Å². The SMILES string of the molecule is CC(=O)Nc1ccc(S(=O)(=O)Nc2ccccc2Oc2ccc(Cl)cc2Cl)cc1. The van der Waals surface area contributed by atoms with Gasteiger partial charge < -0.3 is 10.1 Å². The highest BCUT2D eigenvalue weighted by molar-refractivity contribution is 7.92. The number of carbonyl (C=O) groups excluding carboxylic acids is 1. The Morgan fingerprint density at radius 2 is 1.62 bits per heavy atom. The summed E-state index contributed by atoms with van der Waals surface area (Å²) in [6, 6.07) is 17.1. The zero-order chi connectivity index (χ0) is 21.0. The van der Waals surface area contributed by atoms with Gasteiger partial charge in [-0.1, -0.05) is 35.3 Å². The lowest BCUT2D eigenvalue weighted by Crippen LogP contribution is -2.14.